The van der Waals surface area contributed by atoms with Crippen molar-refractivity contribution in [2.24, 2.45) is 0 Å². The molecule has 0 unspecified atom stereocenters. The Morgan fingerprint density at radius 3 is 2.65 bits per heavy atom. The van der Waals surface area contributed by atoms with Crippen molar-refractivity contribution in [3.05, 3.63) is 46.8 Å². The van der Waals surface area contributed by atoms with Gasteiger partial charge in [-0.05, 0) is 33.3 Å². The molecular weight excluding hydrogens is 292 g/mol. The molecule has 5 heteroatoms. The number of nitrogens with zero attached hydrogens (tertiary/aromatic N) is 2. The number of para-hydroxylation sites is 1. The van der Waals surface area contributed by atoms with Gasteiger partial charge >= 0.3 is 0 Å². The topological polar surface area (TPSA) is 55.6 Å². The van der Waals surface area contributed by atoms with Crippen LogP contribution in [0.1, 0.15) is 42.0 Å². The van der Waals surface area contributed by atoms with Crippen LogP contribution in [-0.4, -0.2) is 30.1 Å². The van der Waals surface area contributed by atoms with E-state index in [9.17, 15) is 4.79 Å². The fourth-order valence-corrected chi connectivity index (χ4v) is 2.70. The maximum absolute atomic E-state index is 12.5. The van der Waals surface area contributed by atoms with Gasteiger partial charge in [-0.25, -0.2) is 0 Å². The Kier molecular flexibility index (Phi) is 5.42. The molecule has 124 valence electrons. The summed E-state index contributed by atoms with van der Waals surface area (Å²) in [6.07, 6.45) is 1.07. The van der Waals surface area contributed by atoms with Crippen molar-refractivity contribution < 1.29 is 14.1 Å². The second-order valence-electron chi connectivity index (χ2n) is 5.73. The number of aromatic nitrogens is 1. The standard InChI is InChI=1S/C18H24N2O3/c1-12-15(14(3)23-19-12)10-11-18(21)20(4)13(2)16-8-6-7-9-17(16)22-5/h6-9,13H,10-11H2,1-5H3/t13-/m0/s1. The number of benzene rings is 1. The van der Waals surface area contributed by atoms with Gasteiger partial charge in [-0.15, -0.1) is 0 Å². The van der Waals surface area contributed by atoms with Gasteiger partial charge in [-0.1, -0.05) is 23.4 Å². The van der Waals surface area contributed by atoms with Crippen LogP contribution in [0.5, 0.6) is 5.75 Å². The minimum atomic E-state index is -0.0525. The molecule has 0 aliphatic heterocycles. The van der Waals surface area contributed by atoms with Crippen LogP contribution in [0.3, 0.4) is 0 Å². The highest BCUT2D eigenvalue weighted by molar-refractivity contribution is 5.76. The monoisotopic (exact) mass is 316 g/mol. The van der Waals surface area contributed by atoms with Crippen LogP contribution >= 0.6 is 0 Å². The molecule has 1 heterocycles. The van der Waals surface area contributed by atoms with Crippen molar-refractivity contribution in [2.45, 2.75) is 39.7 Å². The summed E-state index contributed by atoms with van der Waals surface area (Å²) in [4.78, 5) is 14.3. The molecule has 5 nitrogen and oxygen atoms in total. The first-order chi connectivity index (χ1) is 11.0. The molecule has 0 N–H and O–H groups in total. The number of hydrogen-bond acceptors (Lipinski definition) is 4. The number of aryl methyl sites for hydroxylation is 2. The number of carbonyl (C=O) groups excluding carboxylic acids is 1. The first-order valence-corrected chi connectivity index (χ1v) is 7.76. The minimum absolute atomic E-state index is 0.0525. The second-order valence-corrected chi connectivity index (χ2v) is 5.73. The fraction of sp³-hybridized carbons (Fsp3) is 0.444. The Morgan fingerprint density at radius 1 is 1.35 bits per heavy atom. The number of methoxy groups -OCH3 is 1. The number of amides is 1. The van der Waals surface area contributed by atoms with E-state index < -0.39 is 0 Å². The zero-order chi connectivity index (χ0) is 17.0. The van der Waals surface area contributed by atoms with E-state index in [2.05, 4.69) is 5.16 Å². The molecule has 1 aromatic carbocycles. The summed E-state index contributed by atoms with van der Waals surface area (Å²) in [5.74, 6) is 1.67. The van der Waals surface area contributed by atoms with Crippen LogP contribution < -0.4 is 4.74 Å². The van der Waals surface area contributed by atoms with Crippen molar-refractivity contribution in [1.29, 1.82) is 0 Å². The van der Waals surface area contributed by atoms with E-state index in [1.54, 1.807) is 12.0 Å². The normalized spacial score (nSPS) is 12.0. The smallest absolute Gasteiger partial charge is 0.223 e. The van der Waals surface area contributed by atoms with E-state index in [1.165, 1.54) is 0 Å². The molecule has 0 aliphatic carbocycles. The number of hydrogen-bond donors (Lipinski definition) is 0. The van der Waals surface area contributed by atoms with E-state index in [4.69, 9.17) is 9.26 Å². The average molecular weight is 316 g/mol. The van der Waals surface area contributed by atoms with Crippen molar-refractivity contribution in [2.75, 3.05) is 14.2 Å². The molecule has 1 atom stereocenters. The van der Waals surface area contributed by atoms with Crippen molar-refractivity contribution in [3.8, 4) is 5.75 Å². The third kappa shape index (κ3) is 3.73. The largest absolute Gasteiger partial charge is 0.496 e. The number of rotatable bonds is 6. The van der Waals surface area contributed by atoms with Gasteiger partial charge in [0.05, 0.1) is 18.8 Å². The highest BCUT2D eigenvalue weighted by atomic mass is 16.5. The van der Waals surface area contributed by atoms with Crippen molar-refractivity contribution >= 4 is 5.91 Å². The SMILES string of the molecule is COc1ccccc1[C@H](C)N(C)C(=O)CCc1c(C)noc1C. The Morgan fingerprint density at radius 2 is 2.04 bits per heavy atom. The van der Waals surface area contributed by atoms with Crippen LogP contribution in [0.2, 0.25) is 0 Å². The van der Waals surface area contributed by atoms with Gasteiger partial charge in [0.15, 0.2) is 0 Å². The summed E-state index contributed by atoms with van der Waals surface area (Å²) >= 11 is 0. The highest BCUT2D eigenvalue weighted by Crippen LogP contribution is 2.28. The third-order valence-electron chi connectivity index (χ3n) is 4.33. The molecule has 0 saturated carbocycles. The molecule has 2 rings (SSSR count). The predicted molar refractivity (Wildman–Crippen MR) is 88.5 cm³/mol. The van der Waals surface area contributed by atoms with Crippen LogP contribution in [0, 0.1) is 13.8 Å². The zero-order valence-corrected chi connectivity index (χ0v) is 14.4. The van der Waals surface area contributed by atoms with Crippen LogP contribution in [0.15, 0.2) is 28.8 Å². The van der Waals surface area contributed by atoms with Crippen LogP contribution in [-0.2, 0) is 11.2 Å². The van der Waals surface area contributed by atoms with Gasteiger partial charge in [-0.3, -0.25) is 4.79 Å². The molecule has 0 radical (unpaired) electrons. The molecule has 0 spiro atoms. The highest BCUT2D eigenvalue weighted by Gasteiger charge is 2.21. The molecule has 23 heavy (non-hydrogen) atoms. The molecule has 1 amide bonds. The second kappa shape index (κ2) is 7.31. The summed E-state index contributed by atoms with van der Waals surface area (Å²) in [6.45, 7) is 5.78. The van der Waals surface area contributed by atoms with E-state index in [-0.39, 0.29) is 11.9 Å². The molecule has 0 bridgehead atoms. The summed E-state index contributed by atoms with van der Waals surface area (Å²) in [6, 6.07) is 7.73. The molecule has 0 aliphatic rings. The van der Waals surface area contributed by atoms with Gasteiger partial charge in [0.25, 0.3) is 0 Å². The summed E-state index contributed by atoms with van der Waals surface area (Å²) in [5.41, 5.74) is 2.88. The van der Waals surface area contributed by atoms with E-state index in [0.29, 0.717) is 12.8 Å². The number of ether oxygens (including phenoxy) is 1. The lowest BCUT2D eigenvalue weighted by molar-refractivity contribution is -0.131. The average Bonchev–Trinajstić information content (AvgIpc) is 2.89. The fourth-order valence-electron chi connectivity index (χ4n) is 2.70. The Balaban J connectivity index is 2.04. The summed E-state index contributed by atoms with van der Waals surface area (Å²) in [7, 11) is 3.47. The van der Waals surface area contributed by atoms with Gasteiger partial charge in [-0.2, -0.15) is 0 Å². The predicted octanol–water partition coefficient (Wildman–Crippen LogP) is 3.45. The first-order valence-electron chi connectivity index (χ1n) is 7.76. The maximum atomic E-state index is 12.5. The molecule has 2 aromatic rings. The van der Waals surface area contributed by atoms with Crippen LogP contribution in [0.4, 0.5) is 0 Å². The molecule has 1 aromatic heterocycles. The van der Waals surface area contributed by atoms with Gasteiger partial charge in [0.2, 0.25) is 5.91 Å². The van der Waals surface area contributed by atoms with Gasteiger partial charge in [0, 0.05) is 24.6 Å². The third-order valence-corrected chi connectivity index (χ3v) is 4.33. The van der Waals surface area contributed by atoms with Crippen LogP contribution in [0.25, 0.3) is 0 Å². The summed E-state index contributed by atoms with van der Waals surface area (Å²) in [5, 5.41) is 3.93. The lowest BCUT2D eigenvalue weighted by Crippen LogP contribution is -2.30. The maximum Gasteiger partial charge on any atom is 0.223 e. The zero-order valence-electron chi connectivity index (χ0n) is 14.4. The van der Waals surface area contributed by atoms with Gasteiger partial charge in [0.1, 0.15) is 11.5 Å². The molecule has 0 saturated heterocycles. The Labute approximate surface area is 137 Å². The quantitative estimate of drug-likeness (QED) is 0.819. The minimum Gasteiger partial charge on any atom is -0.496 e. The first kappa shape index (κ1) is 17.1. The van der Waals surface area contributed by atoms with E-state index in [0.717, 1.165) is 28.3 Å². The van der Waals surface area contributed by atoms with Crippen molar-refractivity contribution in [1.82, 2.24) is 10.1 Å². The Bertz CT molecular complexity index is 659. The number of carbonyl (C=O) groups is 1. The van der Waals surface area contributed by atoms with Gasteiger partial charge < -0.3 is 14.2 Å². The van der Waals surface area contributed by atoms with E-state index >= 15 is 0 Å². The lowest BCUT2D eigenvalue weighted by atomic mass is 10.0. The Hall–Kier alpha value is -2.30. The molecular formula is C18H24N2O3. The van der Waals surface area contributed by atoms with E-state index in [1.807, 2.05) is 52.1 Å². The summed E-state index contributed by atoms with van der Waals surface area (Å²) < 4.78 is 10.5. The molecule has 0 fully saturated rings. The van der Waals surface area contributed by atoms with Crippen molar-refractivity contribution in [3.63, 3.8) is 0 Å². The lowest BCUT2D eigenvalue weighted by Gasteiger charge is -2.26.